The summed E-state index contributed by atoms with van der Waals surface area (Å²) in [5.41, 5.74) is 5.03. The van der Waals surface area contributed by atoms with Gasteiger partial charge in [-0.25, -0.2) is 4.98 Å². The molecule has 0 atom stereocenters. The number of nitrogens with zero attached hydrogens (tertiary/aromatic N) is 3. The quantitative estimate of drug-likeness (QED) is 0.606. The van der Waals surface area contributed by atoms with Crippen molar-refractivity contribution in [3.8, 4) is 11.1 Å². The Hall–Kier alpha value is -1.69. The third kappa shape index (κ3) is 3.01. The van der Waals surface area contributed by atoms with Crippen molar-refractivity contribution in [3.63, 3.8) is 0 Å². The highest BCUT2D eigenvalue weighted by atomic mass is 35.5. The van der Waals surface area contributed by atoms with Crippen molar-refractivity contribution in [1.82, 2.24) is 9.97 Å². The zero-order chi connectivity index (χ0) is 17.6. The van der Waals surface area contributed by atoms with Gasteiger partial charge >= 0.3 is 0 Å². The van der Waals surface area contributed by atoms with Crippen LogP contribution in [0.1, 0.15) is 16.0 Å². The molecule has 0 N–H and O–H groups in total. The zero-order valence-corrected chi connectivity index (χ0v) is 16.2. The van der Waals surface area contributed by atoms with Gasteiger partial charge in [0.15, 0.2) is 0 Å². The number of morpholine rings is 1. The molecule has 4 rings (SSSR count). The molecule has 130 valence electrons. The van der Waals surface area contributed by atoms with Crippen LogP contribution in [-0.4, -0.2) is 36.3 Å². The molecule has 0 bridgehead atoms. The number of ether oxygens (including phenoxy) is 1. The molecule has 4 nitrogen and oxygen atoms in total. The Morgan fingerprint density at radius 3 is 2.56 bits per heavy atom. The van der Waals surface area contributed by atoms with Crippen molar-refractivity contribution in [2.75, 3.05) is 31.2 Å². The number of halogens is 1. The summed E-state index contributed by atoms with van der Waals surface area (Å²) in [6.07, 6.45) is 0. The maximum Gasteiger partial charge on any atom is 0.225 e. The lowest BCUT2D eigenvalue weighted by Crippen LogP contribution is -2.37. The van der Waals surface area contributed by atoms with Gasteiger partial charge in [0.05, 0.1) is 18.6 Å². The number of hydrogen-bond donors (Lipinski definition) is 0. The molecule has 0 saturated carbocycles. The molecule has 0 spiro atoms. The SMILES string of the molecule is Cc1ccc(-c2c(C)sc3nc(Cl)nc(N4CCOCC4)c23)cc1C. The second-order valence-corrected chi connectivity index (χ2v) is 7.97. The number of benzene rings is 1. The van der Waals surface area contributed by atoms with E-state index in [1.165, 1.54) is 27.1 Å². The summed E-state index contributed by atoms with van der Waals surface area (Å²) < 4.78 is 5.50. The van der Waals surface area contributed by atoms with E-state index in [0.29, 0.717) is 18.5 Å². The largest absolute Gasteiger partial charge is 0.378 e. The smallest absolute Gasteiger partial charge is 0.225 e. The van der Waals surface area contributed by atoms with Crippen molar-refractivity contribution in [2.24, 2.45) is 0 Å². The van der Waals surface area contributed by atoms with Crippen LogP contribution < -0.4 is 4.90 Å². The minimum Gasteiger partial charge on any atom is -0.378 e. The van der Waals surface area contributed by atoms with Crippen molar-refractivity contribution in [3.05, 3.63) is 39.5 Å². The monoisotopic (exact) mass is 373 g/mol. The normalized spacial score (nSPS) is 15.1. The molecular weight excluding hydrogens is 354 g/mol. The van der Waals surface area contributed by atoms with E-state index in [0.717, 1.165) is 29.1 Å². The molecule has 6 heteroatoms. The summed E-state index contributed by atoms with van der Waals surface area (Å²) in [4.78, 5) is 13.5. The Balaban J connectivity index is 1.97. The van der Waals surface area contributed by atoms with E-state index in [1.54, 1.807) is 11.3 Å². The van der Waals surface area contributed by atoms with Crippen LogP contribution in [0.5, 0.6) is 0 Å². The minimum absolute atomic E-state index is 0.307. The van der Waals surface area contributed by atoms with E-state index in [4.69, 9.17) is 16.3 Å². The molecule has 1 saturated heterocycles. The van der Waals surface area contributed by atoms with Gasteiger partial charge in [-0.1, -0.05) is 18.2 Å². The van der Waals surface area contributed by atoms with Gasteiger partial charge in [0.1, 0.15) is 10.6 Å². The Kier molecular flexibility index (Phi) is 4.40. The van der Waals surface area contributed by atoms with E-state index in [1.807, 2.05) is 0 Å². The lowest BCUT2D eigenvalue weighted by atomic mass is 9.99. The summed E-state index contributed by atoms with van der Waals surface area (Å²) in [7, 11) is 0. The summed E-state index contributed by atoms with van der Waals surface area (Å²) in [6.45, 7) is 9.51. The Morgan fingerprint density at radius 1 is 1.08 bits per heavy atom. The first kappa shape index (κ1) is 16.8. The number of aryl methyl sites for hydroxylation is 3. The molecule has 25 heavy (non-hydrogen) atoms. The van der Waals surface area contributed by atoms with Crippen molar-refractivity contribution in [2.45, 2.75) is 20.8 Å². The number of anilines is 1. The molecular formula is C19H20ClN3OS. The number of thiophene rings is 1. The first-order valence-electron chi connectivity index (χ1n) is 8.41. The van der Waals surface area contributed by atoms with Gasteiger partial charge in [-0.15, -0.1) is 11.3 Å². The Bertz CT molecular complexity index is 947. The fourth-order valence-corrected chi connectivity index (χ4v) is 4.57. The van der Waals surface area contributed by atoms with Crippen LogP contribution in [0.3, 0.4) is 0 Å². The van der Waals surface area contributed by atoms with E-state index < -0.39 is 0 Å². The lowest BCUT2D eigenvalue weighted by molar-refractivity contribution is 0.122. The fraction of sp³-hybridized carbons (Fsp3) is 0.368. The lowest BCUT2D eigenvalue weighted by Gasteiger charge is -2.28. The first-order chi connectivity index (χ1) is 12.0. The molecule has 0 amide bonds. The molecule has 3 heterocycles. The van der Waals surface area contributed by atoms with Crippen LogP contribution in [0.25, 0.3) is 21.3 Å². The highest BCUT2D eigenvalue weighted by Gasteiger charge is 2.23. The van der Waals surface area contributed by atoms with Crippen LogP contribution in [-0.2, 0) is 4.74 Å². The fourth-order valence-electron chi connectivity index (χ4n) is 3.32. The zero-order valence-electron chi connectivity index (χ0n) is 14.6. The maximum absolute atomic E-state index is 6.22. The molecule has 2 aromatic heterocycles. The van der Waals surface area contributed by atoms with E-state index in [-0.39, 0.29) is 0 Å². The molecule has 1 aliphatic rings. The summed E-state index contributed by atoms with van der Waals surface area (Å²) in [6, 6.07) is 6.62. The number of fused-ring (bicyclic) bond motifs is 1. The first-order valence-corrected chi connectivity index (χ1v) is 9.61. The van der Waals surface area contributed by atoms with Gasteiger partial charge in [-0.05, 0) is 49.1 Å². The second-order valence-electron chi connectivity index (χ2n) is 6.43. The molecule has 0 aliphatic carbocycles. The molecule has 3 aromatic rings. The van der Waals surface area contributed by atoms with E-state index in [2.05, 4.69) is 53.8 Å². The maximum atomic E-state index is 6.22. The standard InChI is InChI=1S/C19H20ClN3OS/c1-11-4-5-14(10-12(11)2)15-13(3)25-18-16(15)17(21-19(20)22-18)23-6-8-24-9-7-23/h4-5,10H,6-9H2,1-3H3. The summed E-state index contributed by atoms with van der Waals surface area (Å²) >= 11 is 7.91. The van der Waals surface area contributed by atoms with E-state index >= 15 is 0 Å². The summed E-state index contributed by atoms with van der Waals surface area (Å²) in [5.74, 6) is 0.927. The number of hydrogen-bond acceptors (Lipinski definition) is 5. The van der Waals surface area contributed by atoms with Gasteiger partial charge in [0.25, 0.3) is 0 Å². The van der Waals surface area contributed by atoms with Crippen molar-refractivity contribution >= 4 is 39.0 Å². The third-order valence-electron chi connectivity index (χ3n) is 4.79. The highest BCUT2D eigenvalue weighted by Crippen LogP contribution is 2.42. The van der Waals surface area contributed by atoms with Crippen LogP contribution in [0.15, 0.2) is 18.2 Å². The van der Waals surface area contributed by atoms with Crippen LogP contribution in [0.2, 0.25) is 5.28 Å². The van der Waals surface area contributed by atoms with E-state index in [9.17, 15) is 0 Å². The van der Waals surface area contributed by atoms with Gasteiger partial charge in [-0.2, -0.15) is 4.98 Å². The Morgan fingerprint density at radius 2 is 1.84 bits per heavy atom. The van der Waals surface area contributed by atoms with Crippen molar-refractivity contribution < 1.29 is 4.74 Å². The predicted molar refractivity (Wildman–Crippen MR) is 105 cm³/mol. The van der Waals surface area contributed by atoms with Gasteiger partial charge < -0.3 is 9.64 Å². The van der Waals surface area contributed by atoms with Crippen LogP contribution >= 0.6 is 22.9 Å². The minimum atomic E-state index is 0.307. The number of rotatable bonds is 2. The average molecular weight is 374 g/mol. The van der Waals surface area contributed by atoms with Crippen LogP contribution in [0, 0.1) is 20.8 Å². The molecule has 0 radical (unpaired) electrons. The average Bonchev–Trinajstić information content (AvgIpc) is 2.93. The third-order valence-corrected chi connectivity index (χ3v) is 5.96. The van der Waals surface area contributed by atoms with Crippen LogP contribution in [0.4, 0.5) is 5.82 Å². The molecule has 1 aliphatic heterocycles. The Labute approximate surface area is 156 Å². The molecule has 1 aromatic carbocycles. The topological polar surface area (TPSA) is 38.2 Å². The second kappa shape index (κ2) is 6.56. The summed E-state index contributed by atoms with van der Waals surface area (Å²) in [5, 5.41) is 1.42. The van der Waals surface area contributed by atoms with Gasteiger partial charge in [-0.3, -0.25) is 0 Å². The van der Waals surface area contributed by atoms with Gasteiger partial charge in [0, 0.05) is 23.5 Å². The van der Waals surface area contributed by atoms with Crippen molar-refractivity contribution in [1.29, 1.82) is 0 Å². The predicted octanol–water partition coefficient (Wildman–Crippen LogP) is 4.77. The highest BCUT2D eigenvalue weighted by molar-refractivity contribution is 7.19. The molecule has 1 fully saturated rings. The van der Waals surface area contributed by atoms with Gasteiger partial charge in [0.2, 0.25) is 5.28 Å². The number of aromatic nitrogens is 2. The molecule has 0 unspecified atom stereocenters.